The van der Waals surface area contributed by atoms with Crippen LogP contribution in [0.3, 0.4) is 0 Å². The molecule has 1 atom stereocenters. The lowest BCUT2D eigenvalue weighted by molar-refractivity contribution is -0.131. The topological polar surface area (TPSA) is 41.6 Å². The van der Waals surface area contributed by atoms with Crippen LogP contribution in [0.25, 0.3) is 0 Å². The summed E-state index contributed by atoms with van der Waals surface area (Å²) < 4.78 is 5.27. The van der Waals surface area contributed by atoms with Crippen molar-refractivity contribution < 1.29 is 9.53 Å². The third-order valence-electron chi connectivity index (χ3n) is 4.18. The summed E-state index contributed by atoms with van der Waals surface area (Å²) in [5.74, 6) is 0.909. The number of hydrogen-bond acceptors (Lipinski definition) is 3. The largest absolute Gasteiger partial charge is 0.497 e. The van der Waals surface area contributed by atoms with Gasteiger partial charge in [-0.2, -0.15) is 0 Å². The minimum atomic E-state index is -0.374. The van der Waals surface area contributed by atoms with Crippen LogP contribution in [-0.4, -0.2) is 31.0 Å². The van der Waals surface area contributed by atoms with Gasteiger partial charge in [0.25, 0.3) is 0 Å². The standard InChI is InChI=1S/C19H22N2O2/c1-23-17-11-7-10-16(14-17)20-18(15-8-3-2-4-9-15)19(22)21-12-5-6-13-21/h2-4,7-11,14,18,20H,5-6,12-13H2,1H3/t18-/m1/s1. The molecule has 2 aromatic carbocycles. The van der Waals surface area contributed by atoms with E-state index in [1.165, 1.54) is 0 Å². The van der Waals surface area contributed by atoms with Crippen LogP contribution in [0.2, 0.25) is 0 Å². The summed E-state index contributed by atoms with van der Waals surface area (Å²) >= 11 is 0. The van der Waals surface area contributed by atoms with Crippen LogP contribution in [0.4, 0.5) is 5.69 Å². The van der Waals surface area contributed by atoms with E-state index in [0.29, 0.717) is 0 Å². The lowest BCUT2D eigenvalue weighted by Gasteiger charge is -2.25. The lowest BCUT2D eigenvalue weighted by atomic mass is 10.1. The molecule has 2 aromatic rings. The monoisotopic (exact) mass is 310 g/mol. The van der Waals surface area contributed by atoms with Crippen molar-refractivity contribution in [3.8, 4) is 5.75 Å². The van der Waals surface area contributed by atoms with Crippen molar-refractivity contribution in [1.82, 2.24) is 4.90 Å². The number of methoxy groups -OCH3 is 1. The summed E-state index contributed by atoms with van der Waals surface area (Å²) in [5, 5.41) is 3.38. The minimum Gasteiger partial charge on any atom is -0.497 e. The number of nitrogens with one attached hydrogen (secondary N) is 1. The van der Waals surface area contributed by atoms with Gasteiger partial charge in [0, 0.05) is 24.8 Å². The van der Waals surface area contributed by atoms with Gasteiger partial charge in [0.2, 0.25) is 5.91 Å². The Balaban J connectivity index is 1.86. The molecule has 1 heterocycles. The first-order valence-corrected chi connectivity index (χ1v) is 8.02. The quantitative estimate of drug-likeness (QED) is 0.919. The summed E-state index contributed by atoms with van der Waals surface area (Å²) in [6, 6.07) is 17.2. The zero-order valence-corrected chi connectivity index (χ0v) is 13.4. The van der Waals surface area contributed by atoms with E-state index in [0.717, 1.165) is 42.9 Å². The van der Waals surface area contributed by atoms with Gasteiger partial charge in [-0.1, -0.05) is 36.4 Å². The third kappa shape index (κ3) is 3.65. The zero-order chi connectivity index (χ0) is 16.1. The van der Waals surface area contributed by atoms with Crippen LogP contribution >= 0.6 is 0 Å². The van der Waals surface area contributed by atoms with Crippen molar-refractivity contribution in [3.63, 3.8) is 0 Å². The van der Waals surface area contributed by atoms with Crippen LogP contribution in [0.15, 0.2) is 54.6 Å². The van der Waals surface area contributed by atoms with Crippen molar-refractivity contribution in [2.75, 3.05) is 25.5 Å². The van der Waals surface area contributed by atoms with E-state index in [4.69, 9.17) is 4.74 Å². The molecule has 1 N–H and O–H groups in total. The van der Waals surface area contributed by atoms with Gasteiger partial charge in [0.05, 0.1) is 7.11 Å². The van der Waals surface area contributed by atoms with E-state index in [-0.39, 0.29) is 11.9 Å². The first-order valence-electron chi connectivity index (χ1n) is 8.02. The second kappa shape index (κ2) is 7.18. The maximum absolute atomic E-state index is 12.9. The molecule has 23 heavy (non-hydrogen) atoms. The average molecular weight is 310 g/mol. The second-order valence-electron chi connectivity index (χ2n) is 5.75. The SMILES string of the molecule is COc1cccc(N[C@@H](C(=O)N2CCCC2)c2ccccc2)c1. The molecular formula is C19H22N2O2. The Kier molecular flexibility index (Phi) is 4.81. The molecule has 0 saturated carbocycles. The zero-order valence-electron chi connectivity index (χ0n) is 13.4. The molecule has 1 aliphatic heterocycles. The number of benzene rings is 2. The van der Waals surface area contributed by atoms with Crippen LogP contribution < -0.4 is 10.1 Å². The van der Waals surface area contributed by atoms with Gasteiger partial charge in [-0.05, 0) is 30.5 Å². The predicted molar refractivity (Wildman–Crippen MR) is 91.6 cm³/mol. The van der Waals surface area contributed by atoms with Crippen LogP contribution in [0.5, 0.6) is 5.75 Å². The number of hydrogen-bond donors (Lipinski definition) is 1. The van der Waals surface area contributed by atoms with Gasteiger partial charge in [-0.3, -0.25) is 4.79 Å². The number of carbonyl (C=O) groups excluding carboxylic acids is 1. The number of ether oxygens (including phenoxy) is 1. The Hall–Kier alpha value is -2.49. The lowest BCUT2D eigenvalue weighted by Crippen LogP contribution is -2.36. The Morgan fingerprint density at radius 2 is 1.83 bits per heavy atom. The molecule has 1 fully saturated rings. The molecule has 1 saturated heterocycles. The molecule has 3 rings (SSSR count). The normalized spacial score (nSPS) is 15.3. The van der Waals surface area contributed by atoms with Gasteiger partial charge in [0.15, 0.2) is 0 Å². The molecule has 0 aromatic heterocycles. The molecule has 1 aliphatic rings. The van der Waals surface area contributed by atoms with Gasteiger partial charge < -0.3 is 15.0 Å². The molecule has 0 bridgehead atoms. The first-order chi connectivity index (χ1) is 11.3. The van der Waals surface area contributed by atoms with E-state index in [9.17, 15) is 4.79 Å². The van der Waals surface area contributed by atoms with E-state index in [1.807, 2.05) is 59.5 Å². The number of carbonyl (C=O) groups is 1. The summed E-state index contributed by atoms with van der Waals surface area (Å²) in [4.78, 5) is 14.9. The molecule has 0 aliphatic carbocycles. The van der Waals surface area contributed by atoms with Crippen molar-refractivity contribution in [2.24, 2.45) is 0 Å². The molecular weight excluding hydrogens is 288 g/mol. The Morgan fingerprint density at radius 3 is 2.52 bits per heavy atom. The number of rotatable bonds is 5. The summed E-state index contributed by atoms with van der Waals surface area (Å²) in [6.45, 7) is 1.70. The van der Waals surface area contributed by atoms with Crippen LogP contribution in [0.1, 0.15) is 24.4 Å². The highest BCUT2D eigenvalue weighted by Gasteiger charge is 2.27. The van der Waals surface area contributed by atoms with Gasteiger partial charge >= 0.3 is 0 Å². The number of nitrogens with zero attached hydrogens (tertiary/aromatic N) is 1. The summed E-state index contributed by atoms with van der Waals surface area (Å²) in [7, 11) is 1.64. The van der Waals surface area contributed by atoms with E-state index in [1.54, 1.807) is 7.11 Å². The predicted octanol–water partition coefficient (Wildman–Crippen LogP) is 3.47. The number of anilines is 1. The Morgan fingerprint density at radius 1 is 1.09 bits per heavy atom. The smallest absolute Gasteiger partial charge is 0.249 e. The second-order valence-corrected chi connectivity index (χ2v) is 5.75. The van der Waals surface area contributed by atoms with Gasteiger partial charge in [-0.15, -0.1) is 0 Å². The van der Waals surface area contributed by atoms with Crippen molar-refractivity contribution in [3.05, 3.63) is 60.2 Å². The minimum absolute atomic E-state index is 0.136. The van der Waals surface area contributed by atoms with Crippen molar-refractivity contribution >= 4 is 11.6 Å². The van der Waals surface area contributed by atoms with Crippen LogP contribution in [0, 0.1) is 0 Å². The van der Waals surface area contributed by atoms with Crippen molar-refractivity contribution in [1.29, 1.82) is 0 Å². The molecule has 0 radical (unpaired) electrons. The van der Waals surface area contributed by atoms with Crippen LogP contribution in [-0.2, 0) is 4.79 Å². The highest BCUT2D eigenvalue weighted by Crippen LogP contribution is 2.25. The molecule has 1 amide bonds. The maximum atomic E-state index is 12.9. The summed E-state index contributed by atoms with van der Waals surface area (Å²) in [6.07, 6.45) is 2.18. The van der Waals surface area contributed by atoms with E-state index >= 15 is 0 Å². The third-order valence-corrected chi connectivity index (χ3v) is 4.18. The highest BCUT2D eigenvalue weighted by molar-refractivity contribution is 5.86. The first kappa shape index (κ1) is 15.4. The van der Waals surface area contributed by atoms with Gasteiger partial charge in [-0.25, -0.2) is 0 Å². The highest BCUT2D eigenvalue weighted by atomic mass is 16.5. The van der Waals surface area contributed by atoms with Gasteiger partial charge in [0.1, 0.15) is 11.8 Å². The number of likely N-dealkylation sites (tertiary alicyclic amines) is 1. The molecule has 0 spiro atoms. The molecule has 0 unspecified atom stereocenters. The van der Waals surface area contributed by atoms with E-state index < -0.39 is 0 Å². The fraction of sp³-hybridized carbons (Fsp3) is 0.316. The van der Waals surface area contributed by atoms with E-state index in [2.05, 4.69) is 5.32 Å². The molecule has 4 nitrogen and oxygen atoms in total. The number of amides is 1. The molecule has 4 heteroatoms. The Labute approximate surface area is 137 Å². The molecule has 120 valence electrons. The average Bonchev–Trinajstić information content (AvgIpc) is 3.15. The maximum Gasteiger partial charge on any atom is 0.249 e. The Bertz CT molecular complexity index is 651. The summed E-state index contributed by atoms with van der Waals surface area (Å²) in [5.41, 5.74) is 1.86. The fourth-order valence-electron chi connectivity index (χ4n) is 2.93. The van der Waals surface area contributed by atoms with Crippen molar-refractivity contribution in [2.45, 2.75) is 18.9 Å². The fourth-order valence-corrected chi connectivity index (χ4v) is 2.93.